The Morgan fingerprint density at radius 2 is 0.440 bits per heavy atom. The van der Waals surface area contributed by atoms with Crippen molar-refractivity contribution >= 4 is 0 Å². The summed E-state index contributed by atoms with van der Waals surface area (Å²) in [6.45, 7) is 15.5. The first-order chi connectivity index (χ1) is 45.2. The average Bonchev–Trinajstić information content (AvgIpc) is 0.989. The highest BCUT2D eigenvalue weighted by atomic mass is 16.6. The van der Waals surface area contributed by atoms with Crippen LogP contribution >= 0.6 is 0 Å². The van der Waals surface area contributed by atoms with E-state index in [9.17, 15) is 0 Å². The first kappa shape index (κ1) is 79.8. The minimum absolute atomic E-state index is 0.368. The summed E-state index contributed by atoms with van der Waals surface area (Å²) in [7, 11) is 0. The van der Waals surface area contributed by atoms with Gasteiger partial charge in [-0.1, -0.05) is 322 Å². The number of ether oxygens (including phenoxy) is 9. The maximum Gasteiger partial charge on any atom is 0.161 e. The van der Waals surface area contributed by atoms with E-state index in [-0.39, 0.29) is 0 Å². The molecule has 0 N–H and O–H groups in total. The average molecular weight is 1270 g/mol. The molecule has 522 valence electrons. The topological polar surface area (TPSA) is 83.1 Å². The van der Waals surface area contributed by atoms with E-state index in [0.29, 0.717) is 90.8 Å². The number of hydrogen-bond donors (Lipinski definition) is 0. The number of fused-ring (bicyclic) bond motifs is 1. The van der Waals surface area contributed by atoms with Crippen molar-refractivity contribution < 1.29 is 42.6 Å². The van der Waals surface area contributed by atoms with Gasteiger partial charge in [-0.3, -0.25) is 0 Å². The molecule has 1 heterocycles. The van der Waals surface area contributed by atoms with E-state index in [1.807, 2.05) is 0 Å². The first-order valence-electron chi connectivity index (χ1n) is 39.1. The van der Waals surface area contributed by atoms with Gasteiger partial charge in [0.15, 0.2) is 34.5 Å². The minimum Gasteiger partial charge on any atom is -0.490 e. The van der Waals surface area contributed by atoms with Crippen molar-refractivity contribution in [3.05, 3.63) is 48.5 Å². The van der Waals surface area contributed by atoms with E-state index >= 15 is 0 Å². The molecule has 0 radical (unpaired) electrons. The smallest absolute Gasteiger partial charge is 0.161 e. The molecule has 4 rings (SSSR count). The highest BCUT2D eigenvalue weighted by Gasteiger charge is 2.20. The summed E-state index contributed by atoms with van der Waals surface area (Å²) < 4.78 is 57.8. The number of hydrogen-bond acceptors (Lipinski definition) is 9. The largest absolute Gasteiger partial charge is 0.490 e. The molecular weight excluding hydrogens is 1130 g/mol. The lowest BCUT2D eigenvalue weighted by Gasteiger charge is -2.20. The Labute approximate surface area is 560 Å². The van der Waals surface area contributed by atoms with Gasteiger partial charge < -0.3 is 42.6 Å². The molecule has 0 spiro atoms. The fourth-order valence-corrected chi connectivity index (χ4v) is 12.5. The monoisotopic (exact) mass is 1270 g/mol. The van der Waals surface area contributed by atoms with Gasteiger partial charge in [0, 0.05) is 0 Å². The van der Waals surface area contributed by atoms with Gasteiger partial charge in [-0.25, -0.2) is 0 Å². The summed E-state index contributed by atoms with van der Waals surface area (Å²) in [5.41, 5.74) is 4.04. The van der Waals surface area contributed by atoms with Crippen LogP contribution in [0.15, 0.2) is 48.5 Å². The predicted octanol–water partition coefficient (Wildman–Crippen LogP) is 25.2. The third kappa shape index (κ3) is 41.0. The molecule has 0 saturated heterocycles. The van der Waals surface area contributed by atoms with Crippen LogP contribution in [0, 0.1) is 0 Å². The molecule has 0 aromatic heterocycles. The van der Waals surface area contributed by atoms with Crippen LogP contribution in [0.2, 0.25) is 0 Å². The SMILES string of the molecule is CCCCCCCCCCCCCCOc1ccc(-c2cc3c(cc2-c2ccc(OCCCCCCCCCCCCCC)c(OCCCCCCCCCCCCCC)c2)OCCOCCOCCOCCO3)cc1OCCCCCCCCCCCCCC. The Balaban J connectivity index is 1.59. The Hall–Kier alpha value is -3.66. The Morgan fingerprint density at radius 3 is 0.681 bits per heavy atom. The van der Waals surface area contributed by atoms with Crippen LogP contribution in [0.4, 0.5) is 0 Å². The first-order valence-corrected chi connectivity index (χ1v) is 39.1. The third-order valence-corrected chi connectivity index (χ3v) is 18.3. The second kappa shape index (κ2) is 58.9. The quantitative estimate of drug-likeness (QED) is 0.0513. The summed E-state index contributed by atoms with van der Waals surface area (Å²) in [4.78, 5) is 0. The van der Waals surface area contributed by atoms with E-state index in [0.717, 1.165) is 70.9 Å². The van der Waals surface area contributed by atoms with Crippen molar-refractivity contribution in [2.24, 2.45) is 0 Å². The van der Waals surface area contributed by atoms with Gasteiger partial charge in [-0.2, -0.15) is 0 Å². The van der Waals surface area contributed by atoms with Crippen LogP contribution in [0.3, 0.4) is 0 Å². The Kier molecular flexibility index (Phi) is 51.6. The summed E-state index contributed by atoms with van der Waals surface area (Å²) in [6.07, 6.45) is 62.9. The van der Waals surface area contributed by atoms with Crippen molar-refractivity contribution in [1.29, 1.82) is 0 Å². The molecule has 1 aliphatic heterocycles. The van der Waals surface area contributed by atoms with Crippen molar-refractivity contribution in [1.82, 2.24) is 0 Å². The van der Waals surface area contributed by atoms with E-state index in [2.05, 4.69) is 76.2 Å². The van der Waals surface area contributed by atoms with E-state index < -0.39 is 0 Å². The fourth-order valence-electron chi connectivity index (χ4n) is 12.5. The van der Waals surface area contributed by atoms with Gasteiger partial charge in [0.25, 0.3) is 0 Å². The predicted molar refractivity (Wildman–Crippen MR) is 387 cm³/mol. The Bertz CT molecular complexity index is 1950. The molecule has 0 amide bonds. The minimum atomic E-state index is 0.368. The molecule has 3 aromatic rings. The number of rotatable bonds is 58. The van der Waals surface area contributed by atoms with Crippen LogP contribution in [-0.2, 0) is 14.2 Å². The molecule has 0 saturated carbocycles. The molecular formula is C82H140O9. The van der Waals surface area contributed by atoms with Crippen LogP contribution in [-0.4, -0.2) is 79.3 Å². The normalized spacial score (nSPS) is 13.3. The van der Waals surface area contributed by atoms with Gasteiger partial charge in [0.05, 0.1) is 66.1 Å². The molecule has 0 atom stereocenters. The van der Waals surface area contributed by atoms with Crippen molar-refractivity contribution in [2.45, 2.75) is 336 Å². The van der Waals surface area contributed by atoms with Crippen molar-refractivity contribution in [2.75, 3.05) is 79.3 Å². The second-order valence-corrected chi connectivity index (χ2v) is 26.7. The van der Waals surface area contributed by atoms with Gasteiger partial charge >= 0.3 is 0 Å². The third-order valence-electron chi connectivity index (χ3n) is 18.3. The summed E-state index contributed by atoms with van der Waals surface area (Å²) >= 11 is 0. The molecule has 3 aromatic carbocycles. The summed E-state index contributed by atoms with van der Waals surface area (Å²) in [5.74, 6) is 4.52. The maximum atomic E-state index is 6.83. The van der Waals surface area contributed by atoms with E-state index in [4.69, 9.17) is 42.6 Å². The van der Waals surface area contributed by atoms with Crippen LogP contribution in [0.5, 0.6) is 34.5 Å². The molecule has 9 nitrogen and oxygen atoms in total. The Morgan fingerprint density at radius 1 is 0.231 bits per heavy atom. The van der Waals surface area contributed by atoms with Gasteiger partial charge in [-0.05, 0) is 84.3 Å². The van der Waals surface area contributed by atoms with Gasteiger partial charge in [0.2, 0.25) is 0 Å². The molecule has 0 unspecified atom stereocenters. The molecule has 91 heavy (non-hydrogen) atoms. The molecule has 9 heteroatoms. The summed E-state index contributed by atoms with van der Waals surface area (Å²) in [5, 5.41) is 0. The van der Waals surface area contributed by atoms with Crippen molar-refractivity contribution in [3.63, 3.8) is 0 Å². The zero-order valence-corrected chi connectivity index (χ0v) is 59.7. The van der Waals surface area contributed by atoms with E-state index in [1.165, 1.54) is 283 Å². The number of benzene rings is 3. The lowest BCUT2D eigenvalue weighted by molar-refractivity contribution is 0.00708. The number of unbranched alkanes of at least 4 members (excludes halogenated alkanes) is 44. The zero-order chi connectivity index (χ0) is 64.2. The van der Waals surface area contributed by atoms with Crippen LogP contribution < -0.4 is 28.4 Å². The van der Waals surface area contributed by atoms with Crippen molar-refractivity contribution in [3.8, 4) is 56.8 Å². The molecule has 0 fully saturated rings. The molecule has 0 aliphatic carbocycles. The molecule has 1 aliphatic rings. The summed E-state index contributed by atoms with van der Waals surface area (Å²) in [6, 6.07) is 17.3. The van der Waals surface area contributed by atoms with E-state index in [1.54, 1.807) is 0 Å². The zero-order valence-electron chi connectivity index (χ0n) is 59.7. The maximum absolute atomic E-state index is 6.83. The van der Waals surface area contributed by atoms with Gasteiger partial charge in [0.1, 0.15) is 13.2 Å². The van der Waals surface area contributed by atoms with Crippen LogP contribution in [0.1, 0.15) is 336 Å². The molecule has 0 bridgehead atoms. The second-order valence-electron chi connectivity index (χ2n) is 26.7. The van der Waals surface area contributed by atoms with Crippen LogP contribution in [0.25, 0.3) is 22.3 Å². The fraction of sp³-hybridized carbons (Fsp3) is 0.780. The standard InChI is InChI=1S/C82H140O9/c1-5-9-13-17-21-25-29-33-37-41-45-49-57-86-77-55-53-73(69-79(77)88-59-51-47-43-39-35-31-27-23-19-15-11-7-3)75-71-81-82(91-68-66-85-64-62-83-61-63-84-65-67-90-81)72-76(75)74-54-56-78(87-58-50-46-42-38-34-30-26-22-18-14-10-6-2)80(70-74)89-60-52-48-44-40-36-32-28-24-20-16-12-8-4/h53-56,69-72H,5-52,57-68H2,1-4H3. The highest BCUT2D eigenvalue weighted by Crippen LogP contribution is 2.45. The van der Waals surface area contributed by atoms with Gasteiger partial charge in [-0.15, -0.1) is 0 Å². The lowest BCUT2D eigenvalue weighted by atomic mass is 9.93. The lowest BCUT2D eigenvalue weighted by Crippen LogP contribution is -2.13. The highest BCUT2D eigenvalue weighted by molar-refractivity contribution is 5.87.